The maximum atomic E-state index is 11.7. The lowest BCUT2D eigenvalue weighted by atomic mass is 10.1. The van der Waals surface area contributed by atoms with Gasteiger partial charge in [0.05, 0.1) is 4.92 Å². The highest BCUT2D eigenvalue weighted by atomic mass is 16.6. The van der Waals surface area contributed by atoms with E-state index < -0.39 is 23.3 Å². The van der Waals surface area contributed by atoms with Crippen molar-refractivity contribution in [2.45, 2.75) is 0 Å². The van der Waals surface area contributed by atoms with Gasteiger partial charge in [0.1, 0.15) is 0 Å². The van der Waals surface area contributed by atoms with E-state index in [1.807, 2.05) is 0 Å². The van der Waals surface area contributed by atoms with Crippen molar-refractivity contribution < 1.29 is 23.9 Å². The van der Waals surface area contributed by atoms with Gasteiger partial charge in [-0.05, 0) is 22.4 Å². The quantitative estimate of drug-likeness (QED) is 0.361. The van der Waals surface area contributed by atoms with Crippen LogP contribution in [0.15, 0.2) is 28.9 Å². The fourth-order valence-corrected chi connectivity index (χ4v) is 1.39. The first-order chi connectivity index (χ1) is 9.99. The zero-order valence-corrected chi connectivity index (χ0v) is 10.4. The Morgan fingerprint density at radius 1 is 1.29 bits per heavy atom. The van der Waals surface area contributed by atoms with Gasteiger partial charge in [-0.3, -0.25) is 14.9 Å². The molecule has 2 N–H and O–H groups in total. The summed E-state index contributed by atoms with van der Waals surface area (Å²) in [6.07, 6.45) is 0. The summed E-state index contributed by atoms with van der Waals surface area (Å²) in [5.74, 6) is -1.74. The van der Waals surface area contributed by atoms with Crippen LogP contribution in [0.2, 0.25) is 0 Å². The van der Waals surface area contributed by atoms with Crippen LogP contribution in [0.3, 0.4) is 0 Å². The number of anilines is 1. The van der Waals surface area contributed by atoms with Gasteiger partial charge in [-0.15, -0.1) is 0 Å². The predicted molar refractivity (Wildman–Crippen MR) is 66.4 cm³/mol. The van der Waals surface area contributed by atoms with Crippen molar-refractivity contribution in [2.24, 2.45) is 0 Å². The minimum Gasteiger partial charge on any atom is -0.452 e. The van der Waals surface area contributed by atoms with E-state index in [0.29, 0.717) is 0 Å². The molecule has 0 atom stereocenters. The molecule has 0 saturated heterocycles. The Morgan fingerprint density at radius 3 is 2.48 bits per heavy atom. The van der Waals surface area contributed by atoms with E-state index in [1.165, 1.54) is 24.3 Å². The van der Waals surface area contributed by atoms with Gasteiger partial charge in [0.15, 0.2) is 12.4 Å². The fraction of sp³-hybridized carbons (Fsp3) is 0.0909. The van der Waals surface area contributed by atoms with Crippen molar-refractivity contribution in [3.05, 3.63) is 45.6 Å². The molecular weight excluding hydrogens is 284 g/mol. The summed E-state index contributed by atoms with van der Waals surface area (Å²) in [7, 11) is 0. The first-order valence-electron chi connectivity index (χ1n) is 5.52. The smallest absolute Gasteiger partial charge is 0.365 e. The number of aromatic nitrogens is 2. The monoisotopic (exact) mass is 292 g/mol. The number of rotatable bonds is 5. The minimum atomic E-state index is -0.955. The van der Waals surface area contributed by atoms with Crippen LogP contribution in [-0.4, -0.2) is 33.6 Å². The minimum absolute atomic E-state index is 0.148. The molecule has 0 saturated carbocycles. The summed E-state index contributed by atoms with van der Waals surface area (Å²) in [6.45, 7) is -0.567. The molecule has 21 heavy (non-hydrogen) atoms. The van der Waals surface area contributed by atoms with Crippen LogP contribution in [0, 0.1) is 10.1 Å². The molecule has 10 heteroatoms. The Kier molecular flexibility index (Phi) is 3.88. The lowest BCUT2D eigenvalue weighted by molar-refractivity contribution is -0.384. The molecule has 1 aromatic heterocycles. The van der Waals surface area contributed by atoms with Gasteiger partial charge < -0.3 is 10.5 Å². The standard InChI is InChI=1S/C11H8N4O6/c12-10-9(13-21-14-10)11(17)20-5-8(16)6-1-3-7(4-2-6)15(18)19/h1-4H,5H2,(H2,12,14). The molecule has 0 spiro atoms. The molecule has 10 nitrogen and oxygen atoms in total. The molecular formula is C11H8N4O6. The molecule has 0 aliphatic heterocycles. The second-order valence-corrected chi connectivity index (χ2v) is 3.80. The molecule has 2 aromatic rings. The molecule has 0 unspecified atom stereocenters. The molecule has 108 valence electrons. The van der Waals surface area contributed by atoms with E-state index in [4.69, 9.17) is 10.5 Å². The van der Waals surface area contributed by atoms with Crippen LogP contribution in [0.4, 0.5) is 11.5 Å². The van der Waals surface area contributed by atoms with Crippen LogP contribution in [0.5, 0.6) is 0 Å². The summed E-state index contributed by atoms with van der Waals surface area (Å²) >= 11 is 0. The largest absolute Gasteiger partial charge is 0.452 e. The van der Waals surface area contributed by atoms with Crippen molar-refractivity contribution >= 4 is 23.3 Å². The van der Waals surface area contributed by atoms with E-state index in [-0.39, 0.29) is 22.8 Å². The van der Waals surface area contributed by atoms with Crippen molar-refractivity contribution in [1.29, 1.82) is 0 Å². The number of nitrogen functional groups attached to an aromatic ring is 1. The molecule has 0 bridgehead atoms. The van der Waals surface area contributed by atoms with Gasteiger partial charge in [-0.2, -0.15) is 0 Å². The van der Waals surface area contributed by atoms with Crippen LogP contribution < -0.4 is 5.73 Å². The number of benzene rings is 1. The molecule has 0 radical (unpaired) electrons. The molecule has 0 amide bonds. The lowest BCUT2D eigenvalue weighted by Crippen LogP contribution is -2.15. The molecule has 0 aliphatic rings. The third-order valence-electron chi connectivity index (χ3n) is 2.44. The van der Waals surface area contributed by atoms with Crippen molar-refractivity contribution in [3.63, 3.8) is 0 Å². The zero-order valence-electron chi connectivity index (χ0n) is 10.4. The number of hydrogen-bond donors (Lipinski definition) is 1. The summed E-state index contributed by atoms with van der Waals surface area (Å²) in [4.78, 5) is 33.1. The van der Waals surface area contributed by atoms with E-state index in [0.717, 1.165) is 0 Å². The number of ketones is 1. The number of non-ortho nitro benzene ring substituents is 1. The highest BCUT2D eigenvalue weighted by Crippen LogP contribution is 2.13. The number of hydrogen-bond acceptors (Lipinski definition) is 9. The maximum Gasteiger partial charge on any atom is 0.365 e. The second-order valence-electron chi connectivity index (χ2n) is 3.80. The van der Waals surface area contributed by atoms with Gasteiger partial charge in [-0.1, -0.05) is 0 Å². The summed E-state index contributed by atoms with van der Waals surface area (Å²) < 4.78 is 8.92. The second kappa shape index (κ2) is 5.77. The van der Waals surface area contributed by atoms with Gasteiger partial charge in [0, 0.05) is 17.7 Å². The Hall–Kier alpha value is -3.30. The number of nitro groups is 1. The number of carbonyl (C=O) groups is 2. The van der Waals surface area contributed by atoms with E-state index in [9.17, 15) is 19.7 Å². The third-order valence-corrected chi connectivity index (χ3v) is 2.44. The number of esters is 1. The Bertz CT molecular complexity index is 693. The van der Waals surface area contributed by atoms with Crippen molar-refractivity contribution in [3.8, 4) is 0 Å². The van der Waals surface area contributed by atoms with Crippen LogP contribution in [0.25, 0.3) is 0 Å². The van der Waals surface area contributed by atoms with E-state index >= 15 is 0 Å². The highest BCUT2D eigenvalue weighted by Gasteiger charge is 2.19. The number of nitrogens with zero attached hydrogens (tertiary/aromatic N) is 3. The summed E-state index contributed by atoms with van der Waals surface area (Å²) in [6, 6.07) is 4.88. The molecule has 0 aliphatic carbocycles. The number of carbonyl (C=O) groups excluding carboxylic acids is 2. The van der Waals surface area contributed by atoms with Gasteiger partial charge in [0.25, 0.3) is 5.69 Å². The zero-order chi connectivity index (χ0) is 15.4. The number of Topliss-reactive ketones (excluding diaryl/α,β-unsaturated/α-hetero) is 1. The first kappa shape index (κ1) is 14.1. The highest BCUT2D eigenvalue weighted by molar-refractivity contribution is 5.99. The van der Waals surface area contributed by atoms with Crippen LogP contribution in [-0.2, 0) is 4.74 Å². The summed E-state index contributed by atoms with van der Waals surface area (Å²) in [5.41, 5.74) is 4.98. The van der Waals surface area contributed by atoms with Crippen LogP contribution >= 0.6 is 0 Å². The Labute approximate surface area is 116 Å². The van der Waals surface area contributed by atoms with Gasteiger partial charge >= 0.3 is 5.97 Å². The Morgan fingerprint density at radius 2 is 1.95 bits per heavy atom. The topological polar surface area (TPSA) is 151 Å². The Balaban J connectivity index is 1.97. The van der Waals surface area contributed by atoms with Crippen molar-refractivity contribution in [2.75, 3.05) is 12.3 Å². The number of nitrogens with two attached hydrogens (primary N) is 1. The fourth-order valence-electron chi connectivity index (χ4n) is 1.39. The van der Waals surface area contributed by atoms with Crippen molar-refractivity contribution in [1.82, 2.24) is 10.3 Å². The van der Waals surface area contributed by atoms with Crippen LogP contribution in [0.1, 0.15) is 20.8 Å². The summed E-state index contributed by atoms with van der Waals surface area (Å²) in [5, 5.41) is 16.9. The maximum absolute atomic E-state index is 11.7. The SMILES string of the molecule is Nc1nonc1C(=O)OCC(=O)c1ccc([N+](=O)[O-])cc1. The predicted octanol–water partition coefficient (Wildman–Crippen LogP) is 0.600. The number of ether oxygens (including phenoxy) is 1. The van der Waals surface area contributed by atoms with Gasteiger partial charge in [0.2, 0.25) is 11.5 Å². The van der Waals surface area contributed by atoms with E-state index in [1.54, 1.807) is 0 Å². The molecule has 1 heterocycles. The van der Waals surface area contributed by atoms with Gasteiger partial charge in [-0.25, -0.2) is 9.42 Å². The normalized spacial score (nSPS) is 10.1. The number of nitro benzene ring substituents is 1. The average Bonchev–Trinajstić information content (AvgIpc) is 2.90. The average molecular weight is 292 g/mol. The molecule has 0 fully saturated rings. The first-order valence-corrected chi connectivity index (χ1v) is 5.52. The molecule has 1 aromatic carbocycles. The third kappa shape index (κ3) is 3.18. The van der Waals surface area contributed by atoms with E-state index in [2.05, 4.69) is 14.9 Å². The molecule has 2 rings (SSSR count). The lowest BCUT2D eigenvalue weighted by Gasteiger charge is -2.02.